The highest BCUT2D eigenvalue weighted by molar-refractivity contribution is 5.28. The van der Waals surface area contributed by atoms with Crippen molar-refractivity contribution in [1.82, 2.24) is 19.7 Å². The van der Waals surface area contributed by atoms with Gasteiger partial charge in [0.2, 0.25) is 0 Å². The summed E-state index contributed by atoms with van der Waals surface area (Å²) >= 11 is 0. The molecule has 0 fully saturated rings. The van der Waals surface area contributed by atoms with Crippen LogP contribution >= 0.6 is 0 Å². The molecule has 2 heterocycles. The largest absolute Gasteiger partial charge is 0.326 e. The van der Waals surface area contributed by atoms with Crippen molar-refractivity contribution in [3.63, 3.8) is 0 Å². The zero-order valence-corrected chi connectivity index (χ0v) is 7.88. The van der Waals surface area contributed by atoms with E-state index in [-0.39, 0.29) is 0 Å². The molecule has 5 heteroatoms. The second-order valence-corrected chi connectivity index (χ2v) is 2.96. The van der Waals surface area contributed by atoms with Gasteiger partial charge in [-0.05, 0) is 18.6 Å². The summed E-state index contributed by atoms with van der Waals surface area (Å²) in [5.74, 6) is 0.761. The summed E-state index contributed by atoms with van der Waals surface area (Å²) in [6.07, 6.45) is 3.09. The average Bonchev–Trinajstić information content (AvgIpc) is 2.70. The molecule has 0 saturated heterocycles. The first-order valence-electron chi connectivity index (χ1n) is 4.33. The average molecular weight is 189 g/mol. The molecule has 2 aromatic rings. The van der Waals surface area contributed by atoms with Crippen LogP contribution in [0.3, 0.4) is 0 Å². The van der Waals surface area contributed by atoms with Crippen LogP contribution in [0.5, 0.6) is 0 Å². The van der Waals surface area contributed by atoms with Crippen molar-refractivity contribution >= 4 is 0 Å². The number of hydrogen-bond acceptors (Lipinski definition) is 4. The lowest BCUT2D eigenvalue weighted by Crippen LogP contribution is -2.04. The first-order valence-corrected chi connectivity index (χ1v) is 4.33. The van der Waals surface area contributed by atoms with E-state index >= 15 is 0 Å². The van der Waals surface area contributed by atoms with Gasteiger partial charge in [-0.2, -0.15) is 5.10 Å². The zero-order valence-electron chi connectivity index (χ0n) is 7.88. The van der Waals surface area contributed by atoms with E-state index in [4.69, 9.17) is 5.73 Å². The Morgan fingerprint density at radius 2 is 2.29 bits per heavy atom. The fourth-order valence-electron chi connectivity index (χ4n) is 1.25. The second kappa shape index (κ2) is 3.55. The molecule has 72 valence electrons. The standard InChI is InChI=1S/C9H11N5/c1-7-8(4-10)2-3-9(13-7)14-6-11-5-12-14/h2-3,5-6H,4,10H2,1H3. The normalized spacial score (nSPS) is 10.4. The van der Waals surface area contributed by atoms with Gasteiger partial charge in [-0.15, -0.1) is 0 Å². The molecule has 0 aliphatic rings. The Balaban J connectivity index is 2.43. The predicted molar refractivity (Wildman–Crippen MR) is 51.8 cm³/mol. The van der Waals surface area contributed by atoms with Crippen molar-refractivity contribution in [3.8, 4) is 5.82 Å². The third kappa shape index (κ3) is 1.49. The van der Waals surface area contributed by atoms with Gasteiger partial charge in [0.15, 0.2) is 5.82 Å². The fourth-order valence-corrected chi connectivity index (χ4v) is 1.25. The molecule has 0 atom stereocenters. The minimum absolute atomic E-state index is 0.510. The Morgan fingerprint density at radius 3 is 2.86 bits per heavy atom. The van der Waals surface area contributed by atoms with Gasteiger partial charge in [0.05, 0.1) is 0 Å². The van der Waals surface area contributed by atoms with Crippen molar-refractivity contribution in [2.24, 2.45) is 5.73 Å². The molecule has 2 aromatic heterocycles. The van der Waals surface area contributed by atoms with Crippen molar-refractivity contribution < 1.29 is 0 Å². The van der Waals surface area contributed by atoms with Crippen molar-refractivity contribution in [3.05, 3.63) is 36.0 Å². The summed E-state index contributed by atoms with van der Waals surface area (Å²) in [7, 11) is 0. The molecule has 0 amide bonds. The van der Waals surface area contributed by atoms with E-state index in [1.54, 1.807) is 11.0 Å². The smallest absolute Gasteiger partial charge is 0.155 e. The summed E-state index contributed by atoms with van der Waals surface area (Å²) in [6.45, 7) is 2.44. The van der Waals surface area contributed by atoms with Crippen LogP contribution < -0.4 is 5.73 Å². The van der Waals surface area contributed by atoms with Crippen LogP contribution in [0.1, 0.15) is 11.3 Å². The monoisotopic (exact) mass is 189 g/mol. The highest BCUT2D eigenvalue weighted by atomic mass is 15.3. The molecule has 14 heavy (non-hydrogen) atoms. The van der Waals surface area contributed by atoms with Gasteiger partial charge >= 0.3 is 0 Å². The van der Waals surface area contributed by atoms with Crippen LogP contribution in [0, 0.1) is 6.92 Å². The quantitative estimate of drug-likeness (QED) is 0.743. The van der Waals surface area contributed by atoms with Gasteiger partial charge in [0.25, 0.3) is 0 Å². The Kier molecular flexibility index (Phi) is 2.24. The van der Waals surface area contributed by atoms with Crippen LogP contribution in [0.4, 0.5) is 0 Å². The number of aryl methyl sites for hydroxylation is 1. The molecule has 2 rings (SSSR count). The minimum atomic E-state index is 0.510. The van der Waals surface area contributed by atoms with Crippen LogP contribution in [0.2, 0.25) is 0 Å². The maximum atomic E-state index is 5.54. The number of pyridine rings is 1. The van der Waals surface area contributed by atoms with Crippen LogP contribution in [-0.2, 0) is 6.54 Å². The summed E-state index contributed by atoms with van der Waals surface area (Å²) in [6, 6.07) is 3.84. The van der Waals surface area contributed by atoms with Gasteiger partial charge in [-0.3, -0.25) is 0 Å². The van der Waals surface area contributed by atoms with E-state index in [0.29, 0.717) is 6.54 Å². The number of hydrogen-bond donors (Lipinski definition) is 1. The summed E-state index contributed by atoms with van der Waals surface area (Å²) in [5, 5.41) is 3.99. The molecule has 0 radical (unpaired) electrons. The summed E-state index contributed by atoms with van der Waals surface area (Å²) in [4.78, 5) is 8.22. The number of nitrogens with zero attached hydrogens (tertiary/aromatic N) is 4. The third-order valence-electron chi connectivity index (χ3n) is 2.05. The Hall–Kier alpha value is -1.75. The van der Waals surface area contributed by atoms with E-state index in [1.807, 2.05) is 19.1 Å². The predicted octanol–water partition coefficient (Wildman–Crippen LogP) is 0.429. The van der Waals surface area contributed by atoms with Crippen LogP contribution in [0.25, 0.3) is 5.82 Å². The van der Waals surface area contributed by atoms with Crippen LogP contribution in [-0.4, -0.2) is 19.7 Å². The van der Waals surface area contributed by atoms with Crippen molar-refractivity contribution in [2.75, 3.05) is 0 Å². The van der Waals surface area contributed by atoms with Gasteiger partial charge in [-0.25, -0.2) is 14.6 Å². The minimum Gasteiger partial charge on any atom is -0.326 e. The lowest BCUT2D eigenvalue weighted by Gasteiger charge is -2.04. The van der Waals surface area contributed by atoms with E-state index in [1.165, 1.54) is 6.33 Å². The highest BCUT2D eigenvalue weighted by Crippen LogP contribution is 2.08. The van der Waals surface area contributed by atoms with E-state index in [9.17, 15) is 0 Å². The summed E-state index contributed by atoms with van der Waals surface area (Å²) in [5.41, 5.74) is 7.53. The molecule has 0 saturated carbocycles. The molecule has 0 aliphatic heterocycles. The molecule has 2 N–H and O–H groups in total. The van der Waals surface area contributed by atoms with Gasteiger partial charge in [-0.1, -0.05) is 6.07 Å². The maximum Gasteiger partial charge on any atom is 0.155 e. The van der Waals surface area contributed by atoms with Gasteiger partial charge < -0.3 is 5.73 Å². The summed E-state index contributed by atoms with van der Waals surface area (Å²) < 4.78 is 1.62. The molecule has 5 nitrogen and oxygen atoms in total. The second-order valence-electron chi connectivity index (χ2n) is 2.96. The van der Waals surface area contributed by atoms with Gasteiger partial charge in [0, 0.05) is 12.2 Å². The van der Waals surface area contributed by atoms with E-state index in [2.05, 4.69) is 15.1 Å². The lowest BCUT2D eigenvalue weighted by molar-refractivity contribution is 0.832. The highest BCUT2D eigenvalue weighted by Gasteiger charge is 2.01. The maximum absolute atomic E-state index is 5.54. The SMILES string of the molecule is Cc1nc(-n2cncn2)ccc1CN. The molecule has 0 aliphatic carbocycles. The van der Waals surface area contributed by atoms with Crippen molar-refractivity contribution in [2.45, 2.75) is 13.5 Å². The lowest BCUT2D eigenvalue weighted by atomic mass is 10.2. The molecular formula is C9H11N5. The first-order chi connectivity index (χ1) is 6.81. The molecule has 0 unspecified atom stereocenters. The number of nitrogens with two attached hydrogens (primary N) is 1. The fraction of sp³-hybridized carbons (Fsp3) is 0.222. The van der Waals surface area contributed by atoms with Crippen LogP contribution in [0.15, 0.2) is 24.8 Å². The molecule has 0 bridgehead atoms. The Bertz CT molecular complexity index is 421. The topological polar surface area (TPSA) is 69.6 Å². The molecule has 0 aromatic carbocycles. The van der Waals surface area contributed by atoms with E-state index < -0.39 is 0 Å². The molecule has 0 spiro atoms. The Morgan fingerprint density at radius 1 is 1.43 bits per heavy atom. The number of aromatic nitrogens is 4. The van der Waals surface area contributed by atoms with Gasteiger partial charge in [0.1, 0.15) is 12.7 Å². The first kappa shape index (κ1) is 8.83. The zero-order chi connectivity index (χ0) is 9.97. The third-order valence-corrected chi connectivity index (χ3v) is 2.05. The molecular weight excluding hydrogens is 178 g/mol. The van der Waals surface area contributed by atoms with Crippen molar-refractivity contribution in [1.29, 1.82) is 0 Å². The Labute approximate surface area is 81.6 Å². The number of rotatable bonds is 2. The van der Waals surface area contributed by atoms with E-state index in [0.717, 1.165) is 17.1 Å².